The summed E-state index contributed by atoms with van der Waals surface area (Å²) in [5.41, 5.74) is 3.18. The minimum absolute atomic E-state index is 0.449. The standard InChI is InChI=1S/C21H24N6O2/c1-28-17-8-6-16(7-9-17)14-22-20-15-23-26-21(25-20)24-18-4-2-3-5-19(18)27-10-12-29-13-11-27/h2-9,15H,10-14H2,1H3,(H2,22,24,25,26). The Balaban J connectivity index is 1.44. The lowest BCUT2D eigenvalue weighted by atomic mass is 10.2. The zero-order chi connectivity index (χ0) is 19.9. The van der Waals surface area contributed by atoms with E-state index in [0.717, 1.165) is 49.0 Å². The zero-order valence-corrected chi connectivity index (χ0v) is 16.3. The molecule has 2 aromatic carbocycles. The molecule has 8 heteroatoms. The molecule has 0 aliphatic carbocycles. The largest absolute Gasteiger partial charge is 0.497 e. The van der Waals surface area contributed by atoms with Crippen molar-refractivity contribution in [3.05, 3.63) is 60.3 Å². The van der Waals surface area contributed by atoms with E-state index in [1.807, 2.05) is 42.5 Å². The Hall–Kier alpha value is -3.39. The van der Waals surface area contributed by atoms with Gasteiger partial charge in [0.25, 0.3) is 0 Å². The predicted octanol–water partition coefficient (Wildman–Crippen LogP) is 3.07. The van der Waals surface area contributed by atoms with Gasteiger partial charge in [-0.15, -0.1) is 5.10 Å². The molecule has 0 atom stereocenters. The van der Waals surface area contributed by atoms with Crippen molar-refractivity contribution >= 4 is 23.1 Å². The van der Waals surface area contributed by atoms with Gasteiger partial charge >= 0.3 is 0 Å². The number of anilines is 4. The van der Waals surface area contributed by atoms with Gasteiger partial charge in [0.05, 0.1) is 37.9 Å². The number of aromatic nitrogens is 3. The Morgan fingerprint density at radius 1 is 1.07 bits per heavy atom. The summed E-state index contributed by atoms with van der Waals surface area (Å²) in [6.45, 7) is 3.82. The minimum Gasteiger partial charge on any atom is -0.497 e. The number of hydrogen-bond donors (Lipinski definition) is 2. The van der Waals surface area contributed by atoms with Crippen LogP contribution in [0.3, 0.4) is 0 Å². The summed E-state index contributed by atoms with van der Waals surface area (Å²) in [6, 6.07) is 16.0. The third-order valence-corrected chi connectivity index (χ3v) is 4.69. The Morgan fingerprint density at radius 2 is 1.86 bits per heavy atom. The lowest BCUT2D eigenvalue weighted by molar-refractivity contribution is 0.123. The van der Waals surface area contributed by atoms with E-state index < -0.39 is 0 Å². The number of benzene rings is 2. The summed E-state index contributed by atoms with van der Waals surface area (Å²) in [4.78, 5) is 6.84. The predicted molar refractivity (Wildman–Crippen MR) is 113 cm³/mol. The molecule has 1 aliphatic heterocycles. The molecular formula is C21H24N6O2. The van der Waals surface area contributed by atoms with E-state index in [2.05, 4.69) is 36.8 Å². The third kappa shape index (κ3) is 4.91. The number of ether oxygens (including phenoxy) is 2. The molecule has 1 aliphatic rings. The average Bonchev–Trinajstić information content (AvgIpc) is 2.79. The maximum absolute atomic E-state index is 5.46. The van der Waals surface area contributed by atoms with Crippen molar-refractivity contribution in [1.82, 2.24) is 15.2 Å². The number of morpholine rings is 1. The van der Waals surface area contributed by atoms with Crippen LogP contribution in [0.4, 0.5) is 23.1 Å². The van der Waals surface area contributed by atoms with Crippen LogP contribution in [0.25, 0.3) is 0 Å². The van der Waals surface area contributed by atoms with E-state index in [9.17, 15) is 0 Å². The van der Waals surface area contributed by atoms with Crippen LogP contribution in [-0.4, -0.2) is 48.6 Å². The highest BCUT2D eigenvalue weighted by molar-refractivity contribution is 5.73. The molecule has 0 saturated carbocycles. The van der Waals surface area contributed by atoms with E-state index in [0.29, 0.717) is 18.3 Å². The molecule has 8 nitrogen and oxygen atoms in total. The minimum atomic E-state index is 0.449. The Bertz CT molecular complexity index is 928. The summed E-state index contributed by atoms with van der Waals surface area (Å²) in [7, 11) is 1.66. The van der Waals surface area contributed by atoms with Gasteiger partial charge in [-0.25, -0.2) is 0 Å². The highest BCUT2D eigenvalue weighted by atomic mass is 16.5. The van der Waals surface area contributed by atoms with E-state index in [4.69, 9.17) is 9.47 Å². The summed E-state index contributed by atoms with van der Waals surface area (Å²) < 4.78 is 10.6. The number of nitrogens with one attached hydrogen (secondary N) is 2. The normalized spacial score (nSPS) is 13.8. The summed E-state index contributed by atoms with van der Waals surface area (Å²) in [5, 5.41) is 14.8. The second kappa shape index (κ2) is 9.20. The zero-order valence-electron chi connectivity index (χ0n) is 16.3. The molecule has 1 aromatic heterocycles. The lowest BCUT2D eigenvalue weighted by Crippen LogP contribution is -2.36. The van der Waals surface area contributed by atoms with Crippen LogP contribution in [0.2, 0.25) is 0 Å². The summed E-state index contributed by atoms with van der Waals surface area (Å²) in [6.07, 6.45) is 1.61. The SMILES string of the molecule is COc1ccc(CNc2cnnc(Nc3ccccc3N3CCOCC3)n2)cc1. The van der Waals surface area contributed by atoms with Crippen LogP contribution >= 0.6 is 0 Å². The number of rotatable bonds is 7. The van der Waals surface area contributed by atoms with Gasteiger partial charge < -0.3 is 25.0 Å². The van der Waals surface area contributed by atoms with E-state index in [1.165, 1.54) is 0 Å². The highest BCUT2D eigenvalue weighted by Gasteiger charge is 2.15. The second-order valence-corrected chi connectivity index (χ2v) is 6.61. The number of nitrogens with zero attached hydrogens (tertiary/aromatic N) is 4. The Kier molecular flexibility index (Phi) is 6.01. The molecular weight excluding hydrogens is 368 g/mol. The quantitative estimate of drug-likeness (QED) is 0.635. The van der Waals surface area contributed by atoms with Gasteiger partial charge in [0.2, 0.25) is 5.95 Å². The van der Waals surface area contributed by atoms with Crippen molar-refractivity contribution in [2.45, 2.75) is 6.54 Å². The molecule has 0 bridgehead atoms. The summed E-state index contributed by atoms with van der Waals surface area (Å²) in [5.74, 6) is 1.94. The summed E-state index contributed by atoms with van der Waals surface area (Å²) >= 11 is 0. The second-order valence-electron chi connectivity index (χ2n) is 6.61. The molecule has 1 fully saturated rings. The Morgan fingerprint density at radius 3 is 2.66 bits per heavy atom. The van der Waals surface area contributed by atoms with Crippen LogP contribution in [0.15, 0.2) is 54.7 Å². The van der Waals surface area contributed by atoms with Gasteiger partial charge in [-0.05, 0) is 29.8 Å². The first-order valence-electron chi connectivity index (χ1n) is 9.57. The molecule has 1 saturated heterocycles. The van der Waals surface area contributed by atoms with Crippen LogP contribution in [0.5, 0.6) is 5.75 Å². The lowest BCUT2D eigenvalue weighted by Gasteiger charge is -2.30. The van der Waals surface area contributed by atoms with Crippen LogP contribution in [0, 0.1) is 0 Å². The number of methoxy groups -OCH3 is 1. The van der Waals surface area contributed by atoms with Crippen LogP contribution in [0.1, 0.15) is 5.56 Å². The molecule has 0 unspecified atom stereocenters. The fraction of sp³-hybridized carbons (Fsp3) is 0.286. The van der Waals surface area contributed by atoms with Crippen molar-refractivity contribution in [3.8, 4) is 5.75 Å². The maximum Gasteiger partial charge on any atom is 0.249 e. The molecule has 0 radical (unpaired) electrons. The van der Waals surface area contributed by atoms with Crippen molar-refractivity contribution in [1.29, 1.82) is 0 Å². The number of para-hydroxylation sites is 2. The molecule has 2 N–H and O–H groups in total. The van der Waals surface area contributed by atoms with Crippen molar-refractivity contribution in [3.63, 3.8) is 0 Å². The van der Waals surface area contributed by atoms with Crippen molar-refractivity contribution < 1.29 is 9.47 Å². The molecule has 2 heterocycles. The fourth-order valence-electron chi connectivity index (χ4n) is 3.16. The van der Waals surface area contributed by atoms with Crippen molar-refractivity contribution in [2.24, 2.45) is 0 Å². The molecule has 0 amide bonds. The molecule has 29 heavy (non-hydrogen) atoms. The molecule has 3 aromatic rings. The smallest absolute Gasteiger partial charge is 0.249 e. The van der Waals surface area contributed by atoms with Gasteiger partial charge in [-0.3, -0.25) is 0 Å². The van der Waals surface area contributed by atoms with Gasteiger partial charge in [0.1, 0.15) is 5.75 Å². The molecule has 0 spiro atoms. The highest BCUT2D eigenvalue weighted by Crippen LogP contribution is 2.28. The monoisotopic (exact) mass is 392 g/mol. The van der Waals surface area contributed by atoms with Gasteiger partial charge in [0, 0.05) is 19.6 Å². The van der Waals surface area contributed by atoms with Crippen LogP contribution in [-0.2, 0) is 11.3 Å². The first-order valence-corrected chi connectivity index (χ1v) is 9.57. The van der Waals surface area contributed by atoms with E-state index in [1.54, 1.807) is 13.3 Å². The van der Waals surface area contributed by atoms with Crippen LogP contribution < -0.4 is 20.3 Å². The van der Waals surface area contributed by atoms with Gasteiger partial charge in [-0.1, -0.05) is 24.3 Å². The third-order valence-electron chi connectivity index (χ3n) is 4.69. The maximum atomic E-state index is 5.46. The number of hydrogen-bond acceptors (Lipinski definition) is 8. The topological polar surface area (TPSA) is 84.4 Å². The molecule has 150 valence electrons. The fourth-order valence-corrected chi connectivity index (χ4v) is 3.16. The first-order chi connectivity index (χ1) is 14.3. The molecule has 4 rings (SSSR count). The van der Waals surface area contributed by atoms with E-state index >= 15 is 0 Å². The Labute approximate surface area is 169 Å². The first kappa shape index (κ1) is 18.9. The van der Waals surface area contributed by atoms with E-state index in [-0.39, 0.29) is 0 Å². The average molecular weight is 392 g/mol. The van der Waals surface area contributed by atoms with Crippen molar-refractivity contribution in [2.75, 3.05) is 48.9 Å². The van der Waals surface area contributed by atoms with Gasteiger partial charge in [-0.2, -0.15) is 10.1 Å². The van der Waals surface area contributed by atoms with Gasteiger partial charge in [0.15, 0.2) is 5.82 Å².